The van der Waals surface area contributed by atoms with Gasteiger partial charge in [-0.25, -0.2) is 4.79 Å². The van der Waals surface area contributed by atoms with E-state index in [9.17, 15) is 19.2 Å². The third-order valence-corrected chi connectivity index (χ3v) is 8.36. The number of nitrogens with one attached hydrogen (secondary N) is 1. The molecule has 2 bridgehead atoms. The third kappa shape index (κ3) is 3.89. The minimum atomic E-state index is -1.14. The second kappa shape index (κ2) is 9.93. The number of likely N-dealkylation sites (tertiary alicyclic amines) is 1. The Morgan fingerprint density at radius 1 is 0.800 bits per heavy atom. The summed E-state index contributed by atoms with van der Waals surface area (Å²) >= 11 is 0. The van der Waals surface area contributed by atoms with E-state index in [0.717, 1.165) is 27.2 Å². The number of methoxy groups -OCH3 is 1. The lowest BCUT2D eigenvalue weighted by Gasteiger charge is -2.45. The van der Waals surface area contributed by atoms with Gasteiger partial charge in [0.25, 0.3) is 5.91 Å². The van der Waals surface area contributed by atoms with Crippen LogP contribution >= 0.6 is 0 Å². The fourth-order valence-electron chi connectivity index (χ4n) is 6.81. The molecule has 0 saturated carbocycles. The average Bonchev–Trinajstić information content (AvgIpc) is 3.22. The standard InChI is InChI=1S/C32H30N2O6/c1-17(2)29(32(38)40-16-24(35)33-22-14-8-9-15-23(22)39-3)34-30(36)27-25-18-10-4-5-11-19(18)26(28(27)31(34)37)21-13-7-6-12-20(21)25/h4-15,17,25-29H,16H2,1-3H3,(H,33,35)/t25?,26?,27-,28+,29-/m0/s1. The van der Waals surface area contributed by atoms with Crippen molar-refractivity contribution in [2.24, 2.45) is 17.8 Å². The fraction of sp³-hybridized carbons (Fsp3) is 0.312. The van der Waals surface area contributed by atoms with Crippen molar-refractivity contribution in [1.29, 1.82) is 0 Å². The van der Waals surface area contributed by atoms with Crippen LogP contribution in [0, 0.1) is 17.8 Å². The first-order valence-corrected chi connectivity index (χ1v) is 13.5. The SMILES string of the molecule is COc1ccccc1NC(=O)COC(=O)[C@H](C(C)C)N1C(=O)[C@@H]2C3c4ccccc4C(c4ccccc43)[C@@H]2C1=O. The van der Waals surface area contributed by atoms with Crippen LogP contribution in [0.1, 0.15) is 47.9 Å². The molecule has 0 spiro atoms. The Morgan fingerprint density at radius 2 is 1.27 bits per heavy atom. The van der Waals surface area contributed by atoms with Crippen LogP contribution in [0.2, 0.25) is 0 Å². The molecule has 4 aliphatic rings. The summed E-state index contributed by atoms with van der Waals surface area (Å²) in [5.74, 6) is -3.72. The summed E-state index contributed by atoms with van der Waals surface area (Å²) in [6.07, 6.45) is 0. The number of imide groups is 1. The molecular weight excluding hydrogens is 508 g/mol. The zero-order chi connectivity index (χ0) is 28.1. The van der Waals surface area contributed by atoms with Gasteiger partial charge in [-0.1, -0.05) is 74.5 Å². The molecule has 3 amide bonds. The van der Waals surface area contributed by atoms with Crippen molar-refractivity contribution in [2.45, 2.75) is 31.7 Å². The van der Waals surface area contributed by atoms with Gasteiger partial charge in [0.2, 0.25) is 11.8 Å². The van der Waals surface area contributed by atoms with E-state index in [2.05, 4.69) is 5.32 Å². The number of hydrogen-bond acceptors (Lipinski definition) is 6. The largest absolute Gasteiger partial charge is 0.495 e. The Labute approximate surface area is 232 Å². The molecule has 8 nitrogen and oxygen atoms in total. The molecule has 3 aromatic carbocycles. The number of carbonyl (C=O) groups excluding carboxylic acids is 4. The fourth-order valence-corrected chi connectivity index (χ4v) is 6.81. The highest BCUT2D eigenvalue weighted by Gasteiger charge is 2.63. The lowest BCUT2D eigenvalue weighted by atomic mass is 9.55. The number of para-hydroxylation sites is 2. The first-order chi connectivity index (χ1) is 19.3. The summed E-state index contributed by atoms with van der Waals surface area (Å²) in [7, 11) is 1.49. The molecule has 3 aliphatic carbocycles. The summed E-state index contributed by atoms with van der Waals surface area (Å²) in [5, 5.41) is 2.66. The Kier molecular flexibility index (Phi) is 6.41. The van der Waals surface area contributed by atoms with Crippen LogP contribution in [0.5, 0.6) is 5.75 Å². The first-order valence-electron chi connectivity index (χ1n) is 13.5. The highest BCUT2D eigenvalue weighted by atomic mass is 16.5. The van der Waals surface area contributed by atoms with Gasteiger partial charge < -0.3 is 14.8 Å². The van der Waals surface area contributed by atoms with Crippen molar-refractivity contribution in [3.63, 3.8) is 0 Å². The van der Waals surface area contributed by atoms with E-state index >= 15 is 0 Å². The van der Waals surface area contributed by atoms with Gasteiger partial charge in [-0.15, -0.1) is 0 Å². The lowest BCUT2D eigenvalue weighted by molar-refractivity contribution is -0.162. The molecule has 0 aromatic heterocycles. The molecule has 8 heteroatoms. The molecular formula is C32H30N2O6. The van der Waals surface area contributed by atoms with Gasteiger partial charge in [-0.2, -0.15) is 0 Å². The molecule has 1 saturated heterocycles. The Balaban J connectivity index is 1.26. The maximum Gasteiger partial charge on any atom is 0.330 e. The van der Waals surface area contributed by atoms with Crippen LogP contribution in [-0.2, 0) is 23.9 Å². The van der Waals surface area contributed by atoms with Crippen molar-refractivity contribution >= 4 is 29.4 Å². The molecule has 7 rings (SSSR count). The van der Waals surface area contributed by atoms with Crippen LogP contribution in [0.15, 0.2) is 72.8 Å². The zero-order valence-corrected chi connectivity index (χ0v) is 22.5. The average molecular weight is 539 g/mol. The van der Waals surface area contributed by atoms with Gasteiger partial charge in [0.1, 0.15) is 11.8 Å². The molecule has 1 N–H and O–H groups in total. The number of rotatable bonds is 7. The minimum Gasteiger partial charge on any atom is -0.495 e. The molecule has 40 heavy (non-hydrogen) atoms. The van der Waals surface area contributed by atoms with Crippen molar-refractivity contribution in [2.75, 3.05) is 19.0 Å². The third-order valence-electron chi connectivity index (χ3n) is 8.36. The number of anilines is 1. The highest BCUT2D eigenvalue weighted by molar-refractivity contribution is 6.10. The van der Waals surface area contributed by atoms with E-state index in [1.165, 1.54) is 7.11 Å². The number of amides is 3. The predicted octanol–water partition coefficient (Wildman–Crippen LogP) is 4.09. The zero-order valence-electron chi connectivity index (χ0n) is 22.5. The van der Waals surface area contributed by atoms with E-state index in [1.807, 2.05) is 48.5 Å². The van der Waals surface area contributed by atoms with Gasteiger partial charge in [-0.3, -0.25) is 19.3 Å². The van der Waals surface area contributed by atoms with Gasteiger partial charge in [0, 0.05) is 11.8 Å². The van der Waals surface area contributed by atoms with Crippen LogP contribution in [-0.4, -0.2) is 48.3 Å². The quantitative estimate of drug-likeness (QED) is 0.359. The number of carbonyl (C=O) groups is 4. The Morgan fingerprint density at radius 3 is 1.75 bits per heavy atom. The number of esters is 1. The van der Waals surface area contributed by atoms with Gasteiger partial charge >= 0.3 is 5.97 Å². The maximum atomic E-state index is 14.1. The van der Waals surface area contributed by atoms with Crippen LogP contribution in [0.25, 0.3) is 0 Å². The van der Waals surface area contributed by atoms with Crippen LogP contribution in [0.4, 0.5) is 5.69 Å². The highest BCUT2D eigenvalue weighted by Crippen LogP contribution is 2.61. The molecule has 0 unspecified atom stereocenters. The molecule has 204 valence electrons. The number of hydrogen-bond donors (Lipinski definition) is 1. The summed E-state index contributed by atoms with van der Waals surface area (Å²) < 4.78 is 10.6. The molecule has 1 heterocycles. The van der Waals surface area contributed by atoms with E-state index < -0.39 is 42.3 Å². The lowest BCUT2D eigenvalue weighted by Crippen LogP contribution is -2.49. The topological polar surface area (TPSA) is 102 Å². The van der Waals surface area contributed by atoms with Crippen molar-refractivity contribution in [1.82, 2.24) is 4.90 Å². The summed E-state index contributed by atoms with van der Waals surface area (Å²) in [5.41, 5.74) is 4.69. The summed E-state index contributed by atoms with van der Waals surface area (Å²) in [6, 6.07) is 21.7. The Hall–Kier alpha value is -4.46. The van der Waals surface area contributed by atoms with Gasteiger partial charge in [-0.05, 0) is 40.3 Å². The monoisotopic (exact) mass is 538 g/mol. The number of ether oxygens (including phenoxy) is 2. The van der Waals surface area contributed by atoms with E-state index in [-0.39, 0.29) is 23.7 Å². The van der Waals surface area contributed by atoms with E-state index in [4.69, 9.17) is 9.47 Å². The molecule has 1 fully saturated rings. The molecule has 0 radical (unpaired) electrons. The van der Waals surface area contributed by atoms with Crippen molar-refractivity contribution < 1.29 is 28.7 Å². The van der Waals surface area contributed by atoms with Crippen molar-refractivity contribution in [3.05, 3.63) is 95.1 Å². The van der Waals surface area contributed by atoms with Crippen molar-refractivity contribution in [3.8, 4) is 5.75 Å². The predicted molar refractivity (Wildman–Crippen MR) is 147 cm³/mol. The minimum absolute atomic E-state index is 0.265. The van der Waals surface area contributed by atoms with E-state index in [0.29, 0.717) is 11.4 Å². The molecule has 3 atom stereocenters. The normalized spacial score (nSPS) is 22.9. The second-order valence-electron chi connectivity index (χ2n) is 10.9. The number of benzene rings is 3. The van der Waals surface area contributed by atoms with Gasteiger partial charge in [0.05, 0.1) is 24.6 Å². The second-order valence-corrected chi connectivity index (χ2v) is 10.9. The Bertz CT molecular complexity index is 1420. The molecule has 3 aromatic rings. The van der Waals surface area contributed by atoms with Gasteiger partial charge in [0.15, 0.2) is 6.61 Å². The maximum absolute atomic E-state index is 14.1. The summed E-state index contributed by atoms with van der Waals surface area (Å²) in [4.78, 5) is 55.2. The van der Waals surface area contributed by atoms with Crippen LogP contribution < -0.4 is 10.1 Å². The van der Waals surface area contributed by atoms with E-state index in [1.54, 1.807) is 38.1 Å². The first kappa shape index (κ1) is 25.8. The smallest absolute Gasteiger partial charge is 0.330 e. The van der Waals surface area contributed by atoms with Crippen LogP contribution in [0.3, 0.4) is 0 Å². The summed E-state index contributed by atoms with van der Waals surface area (Å²) in [6.45, 7) is 2.97. The molecule has 1 aliphatic heterocycles. The number of nitrogens with zero attached hydrogens (tertiary/aromatic N) is 1.